The fourth-order valence-corrected chi connectivity index (χ4v) is 3.46. The maximum absolute atomic E-state index is 14.0. The molecule has 0 aliphatic heterocycles. The molecule has 0 radical (unpaired) electrons. The van der Waals surface area contributed by atoms with Crippen molar-refractivity contribution in [2.45, 2.75) is 20.0 Å². The second-order valence-electron chi connectivity index (χ2n) is 6.85. The molecule has 3 aromatic rings. The van der Waals surface area contributed by atoms with Crippen molar-refractivity contribution in [1.29, 1.82) is 0 Å². The van der Waals surface area contributed by atoms with Crippen LogP contribution in [0.1, 0.15) is 27.2 Å². The molecule has 0 saturated heterocycles. The van der Waals surface area contributed by atoms with Gasteiger partial charge in [-0.1, -0.05) is 18.2 Å². The van der Waals surface area contributed by atoms with E-state index in [1.165, 1.54) is 20.3 Å². The second kappa shape index (κ2) is 8.35. The quantitative estimate of drug-likeness (QED) is 0.665. The molecule has 5 nitrogen and oxygen atoms in total. The molecule has 1 aromatic heterocycles. The summed E-state index contributed by atoms with van der Waals surface area (Å²) in [6.07, 6.45) is 0. The summed E-state index contributed by atoms with van der Waals surface area (Å²) in [5.74, 6) is -0.557. The zero-order valence-corrected chi connectivity index (χ0v) is 16.5. The number of carbonyl (C=O) groups excluding carboxylic acids is 1. The largest absolute Gasteiger partial charge is 0.494 e. The molecule has 1 unspecified atom stereocenters. The Kier molecular flexibility index (Phi) is 5.90. The molecule has 28 heavy (non-hydrogen) atoms. The molecule has 0 aliphatic carbocycles. The van der Waals surface area contributed by atoms with Crippen molar-refractivity contribution < 1.29 is 23.6 Å². The van der Waals surface area contributed by atoms with Crippen LogP contribution in [0.4, 0.5) is 4.39 Å². The van der Waals surface area contributed by atoms with E-state index in [9.17, 15) is 9.18 Å². The number of rotatable bonds is 6. The summed E-state index contributed by atoms with van der Waals surface area (Å²) in [5.41, 5.74) is 3.71. The maximum atomic E-state index is 14.0. The molecule has 1 N–H and O–H groups in total. The summed E-state index contributed by atoms with van der Waals surface area (Å²) >= 11 is 0. The van der Waals surface area contributed by atoms with Crippen LogP contribution >= 0.6 is 0 Å². The van der Waals surface area contributed by atoms with Gasteiger partial charge in [-0.25, -0.2) is 14.2 Å². The predicted octanol–water partition coefficient (Wildman–Crippen LogP) is 2.69. The van der Waals surface area contributed by atoms with Crippen LogP contribution in [0.2, 0.25) is 0 Å². The van der Waals surface area contributed by atoms with Crippen LogP contribution in [0.15, 0.2) is 42.5 Å². The fourth-order valence-electron chi connectivity index (χ4n) is 3.46. The number of fused-ring (bicyclic) bond motifs is 1. The number of hydrogen-bond acceptors (Lipinski definition) is 4. The van der Waals surface area contributed by atoms with E-state index in [1.807, 2.05) is 44.3 Å². The van der Waals surface area contributed by atoms with Crippen molar-refractivity contribution >= 4 is 16.9 Å². The molecule has 0 spiro atoms. The molecule has 0 fully saturated rings. The highest BCUT2D eigenvalue weighted by molar-refractivity contribution is 5.98. The van der Waals surface area contributed by atoms with E-state index in [2.05, 4.69) is 0 Å². The highest BCUT2D eigenvalue weighted by atomic mass is 19.1. The fraction of sp³-hybridized carbons (Fsp3) is 0.273. The Balaban J connectivity index is 1.92. The average Bonchev–Trinajstić information content (AvgIpc) is 2.68. The first kappa shape index (κ1) is 19.8. The topological polar surface area (TPSA) is 52.9 Å². The van der Waals surface area contributed by atoms with Crippen molar-refractivity contribution in [3.8, 4) is 5.75 Å². The molecule has 3 rings (SSSR count). The molecule has 2 aromatic carbocycles. The van der Waals surface area contributed by atoms with Crippen LogP contribution in [0, 0.1) is 12.7 Å². The summed E-state index contributed by atoms with van der Waals surface area (Å²) in [6, 6.07) is 12.7. The first-order valence-corrected chi connectivity index (χ1v) is 9.04. The molecule has 1 heterocycles. The Bertz CT molecular complexity index is 1020. The SMILES string of the molecule is COC(=O)c1c(C[NH+](C)Cc2ccc(OC)c(F)c2)nc2ccccc2c1C. The minimum Gasteiger partial charge on any atom is -0.494 e. The normalized spacial score (nSPS) is 12.0. The standard InChI is InChI=1S/C22H23FN2O3/c1-14-16-7-5-6-8-18(16)24-19(21(14)22(26)28-4)13-25(2)12-15-9-10-20(27-3)17(23)11-15/h5-11H,12-13H2,1-4H3/p+1. The van der Waals surface area contributed by atoms with Crippen molar-refractivity contribution in [2.24, 2.45) is 0 Å². The number of quaternary nitrogens is 1. The number of ether oxygens (including phenoxy) is 2. The van der Waals surface area contributed by atoms with Crippen molar-refractivity contribution in [3.05, 3.63) is 70.7 Å². The van der Waals surface area contributed by atoms with Gasteiger partial charge >= 0.3 is 5.97 Å². The Labute approximate surface area is 163 Å². The van der Waals surface area contributed by atoms with Gasteiger partial charge in [0.1, 0.15) is 18.8 Å². The lowest BCUT2D eigenvalue weighted by Crippen LogP contribution is -3.06. The van der Waals surface area contributed by atoms with Gasteiger partial charge in [-0.3, -0.25) is 0 Å². The molecule has 6 heteroatoms. The Morgan fingerprint density at radius 1 is 1.14 bits per heavy atom. The van der Waals surface area contributed by atoms with E-state index in [0.29, 0.717) is 24.3 Å². The highest BCUT2D eigenvalue weighted by Gasteiger charge is 2.22. The van der Waals surface area contributed by atoms with Crippen molar-refractivity contribution in [1.82, 2.24) is 4.98 Å². The minimum absolute atomic E-state index is 0.223. The van der Waals surface area contributed by atoms with Gasteiger partial charge in [-0.2, -0.15) is 0 Å². The Hall–Kier alpha value is -2.99. The van der Waals surface area contributed by atoms with Crippen LogP contribution in [-0.2, 0) is 17.8 Å². The number of para-hydroxylation sites is 1. The lowest BCUT2D eigenvalue weighted by molar-refractivity contribution is -0.908. The lowest BCUT2D eigenvalue weighted by Gasteiger charge is -2.18. The van der Waals surface area contributed by atoms with Gasteiger partial charge in [0.2, 0.25) is 0 Å². The third-order valence-electron chi connectivity index (χ3n) is 4.81. The van der Waals surface area contributed by atoms with E-state index < -0.39 is 5.97 Å². The summed E-state index contributed by atoms with van der Waals surface area (Å²) in [7, 11) is 4.80. The molecular weight excluding hydrogens is 359 g/mol. The molecule has 0 saturated carbocycles. The number of aryl methyl sites for hydroxylation is 1. The number of aromatic nitrogens is 1. The molecule has 0 bridgehead atoms. The van der Waals surface area contributed by atoms with Gasteiger partial charge in [0.15, 0.2) is 11.6 Å². The van der Waals surface area contributed by atoms with E-state index in [4.69, 9.17) is 14.5 Å². The monoisotopic (exact) mass is 383 g/mol. The number of carbonyl (C=O) groups is 1. The van der Waals surface area contributed by atoms with Crippen molar-refractivity contribution in [2.75, 3.05) is 21.3 Å². The number of methoxy groups -OCH3 is 2. The highest BCUT2D eigenvalue weighted by Crippen LogP contribution is 2.23. The van der Waals surface area contributed by atoms with E-state index in [0.717, 1.165) is 26.9 Å². The Morgan fingerprint density at radius 3 is 2.57 bits per heavy atom. The average molecular weight is 383 g/mol. The number of pyridine rings is 1. The van der Waals surface area contributed by atoms with E-state index >= 15 is 0 Å². The number of nitrogens with one attached hydrogen (secondary N) is 1. The van der Waals surface area contributed by atoms with Gasteiger partial charge < -0.3 is 14.4 Å². The number of nitrogens with zero attached hydrogens (tertiary/aromatic N) is 1. The third kappa shape index (κ3) is 3.97. The number of hydrogen-bond donors (Lipinski definition) is 1. The van der Waals surface area contributed by atoms with Crippen LogP contribution in [0.5, 0.6) is 5.75 Å². The third-order valence-corrected chi connectivity index (χ3v) is 4.81. The summed E-state index contributed by atoms with van der Waals surface area (Å²) in [4.78, 5) is 18.2. The van der Waals surface area contributed by atoms with Crippen LogP contribution in [0.3, 0.4) is 0 Å². The smallest absolute Gasteiger partial charge is 0.340 e. The zero-order valence-electron chi connectivity index (χ0n) is 16.5. The van der Waals surface area contributed by atoms with Gasteiger partial charge in [0.25, 0.3) is 0 Å². The number of benzene rings is 2. The summed E-state index contributed by atoms with van der Waals surface area (Å²) < 4.78 is 23.9. The van der Waals surface area contributed by atoms with Gasteiger partial charge in [-0.15, -0.1) is 0 Å². The van der Waals surface area contributed by atoms with Crippen molar-refractivity contribution in [3.63, 3.8) is 0 Å². The maximum Gasteiger partial charge on any atom is 0.340 e. The second-order valence-corrected chi connectivity index (χ2v) is 6.85. The number of halogens is 1. The first-order chi connectivity index (χ1) is 13.4. The predicted molar refractivity (Wildman–Crippen MR) is 105 cm³/mol. The van der Waals surface area contributed by atoms with Gasteiger partial charge in [0.05, 0.1) is 32.3 Å². The number of esters is 1. The minimum atomic E-state index is -0.394. The van der Waals surface area contributed by atoms with Crippen LogP contribution < -0.4 is 9.64 Å². The molecular formula is C22H24FN2O3+. The van der Waals surface area contributed by atoms with Crippen LogP contribution in [0.25, 0.3) is 10.9 Å². The van der Waals surface area contributed by atoms with Crippen LogP contribution in [-0.4, -0.2) is 32.2 Å². The van der Waals surface area contributed by atoms with Gasteiger partial charge in [-0.05, 0) is 36.8 Å². The molecule has 146 valence electrons. The molecule has 0 aliphatic rings. The first-order valence-electron chi connectivity index (χ1n) is 9.04. The summed E-state index contributed by atoms with van der Waals surface area (Å²) in [5, 5.41) is 0.932. The lowest BCUT2D eigenvalue weighted by atomic mass is 10.0. The molecule has 0 amide bonds. The summed E-state index contributed by atoms with van der Waals surface area (Å²) in [6.45, 7) is 2.99. The Morgan fingerprint density at radius 2 is 1.89 bits per heavy atom. The van der Waals surface area contributed by atoms with Gasteiger partial charge in [0, 0.05) is 10.9 Å². The zero-order chi connectivity index (χ0) is 20.3. The van der Waals surface area contributed by atoms with E-state index in [-0.39, 0.29) is 11.6 Å². The van der Waals surface area contributed by atoms with E-state index in [1.54, 1.807) is 6.07 Å². The molecule has 1 atom stereocenters.